The van der Waals surface area contributed by atoms with Crippen molar-refractivity contribution in [1.82, 2.24) is 10.3 Å². The van der Waals surface area contributed by atoms with Crippen LogP contribution in [0.3, 0.4) is 0 Å². The van der Waals surface area contributed by atoms with Crippen molar-refractivity contribution in [2.45, 2.75) is 19.9 Å². The molecule has 0 saturated carbocycles. The molecule has 7 heteroatoms. The lowest BCUT2D eigenvalue weighted by atomic mass is 10.1. The van der Waals surface area contributed by atoms with Gasteiger partial charge in [0.05, 0.1) is 31.0 Å². The van der Waals surface area contributed by atoms with Crippen molar-refractivity contribution in [3.05, 3.63) is 52.8 Å². The van der Waals surface area contributed by atoms with Crippen LogP contribution in [-0.2, 0) is 16.1 Å². The first-order chi connectivity index (χ1) is 12.5. The van der Waals surface area contributed by atoms with E-state index in [0.29, 0.717) is 29.5 Å². The van der Waals surface area contributed by atoms with E-state index in [1.54, 1.807) is 17.2 Å². The van der Waals surface area contributed by atoms with Gasteiger partial charge in [0.25, 0.3) is 0 Å². The zero-order valence-electron chi connectivity index (χ0n) is 14.7. The Balaban J connectivity index is 1.70. The number of carbonyl (C=O) groups excluding carboxylic acids is 2. The molecule has 0 bridgehead atoms. The summed E-state index contributed by atoms with van der Waals surface area (Å²) in [5.74, 6) is -0.158. The van der Waals surface area contributed by atoms with E-state index in [1.807, 2.05) is 31.2 Å². The van der Waals surface area contributed by atoms with Gasteiger partial charge in [-0.15, -0.1) is 0 Å². The highest BCUT2D eigenvalue weighted by Gasteiger charge is 2.36. The first-order valence-electron chi connectivity index (χ1n) is 8.31. The van der Waals surface area contributed by atoms with Gasteiger partial charge >= 0.3 is 0 Å². The number of methoxy groups -OCH3 is 1. The third kappa shape index (κ3) is 3.80. The Morgan fingerprint density at radius 2 is 2.23 bits per heavy atom. The molecule has 1 fully saturated rings. The number of ether oxygens (including phenoxy) is 1. The van der Waals surface area contributed by atoms with Gasteiger partial charge in [-0.1, -0.05) is 17.7 Å². The number of carbonyl (C=O) groups is 2. The van der Waals surface area contributed by atoms with Gasteiger partial charge in [-0.2, -0.15) is 0 Å². The van der Waals surface area contributed by atoms with Gasteiger partial charge in [0, 0.05) is 30.3 Å². The summed E-state index contributed by atoms with van der Waals surface area (Å²) in [6.07, 6.45) is 1.84. The minimum atomic E-state index is -0.410. The normalized spacial score (nSPS) is 16.7. The second-order valence-electron chi connectivity index (χ2n) is 6.22. The van der Waals surface area contributed by atoms with Crippen molar-refractivity contribution in [2.75, 3.05) is 18.6 Å². The van der Waals surface area contributed by atoms with Crippen LogP contribution in [0, 0.1) is 12.8 Å². The number of pyridine rings is 1. The van der Waals surface area contributed by atoms with Gasteiger partial charge in [0.2, 0.25) is 11.8 Å². The molecular formula is C19H20ClN3O3. The summed E-state index contributed by atoms with van der Waals surface area (Å²) in [7, 11) is 1.53. The number of halogens is 1. The number of anilines is 1. The average Bonchev–Trinajstić information content (AvgIpc) is 3.04. The molecule has 1 aromatic heterocycles. The smallest absolute Gasteiger partial charge is 0.227 e. The minimum absolute atomic E-state index is 0.108. The molecule has 2 amide bonds. The summed E-state index contributed by atoms with van der Waals surface area (Å²) in [5.41, 5.74) is 2.26. The first kappa shape index (κ1) is 18.2. The molecule has 0 radical (unpaired) electrons. The average molecular weight is 374 g/mol. The molecule has 1 aliphatic heterocycles. The molecule has 136 valence electrons. The van der Waals surface area contributed by atoms with Crippen LogP contribution < -0.4 is 15.0 Å². The van der Waals surface area contributed by atoms with Gasteiger partial charge in [-0.05, 0) is 30.7 Å². The number of nitrogens with zero attached hydrogens (tertiary/aromatic N) is 2. The summed E-state index contributed by atoms with van der Waals surface area (Å²) in [5, 5.41) is 3.42. The maximum Gasteiger partial charge on any atom is 0.227 e. The molecule has 1 atom stereocenters. The number of aryl methyl sites for hydroxylation is 1. The molecule has 26 heavy (non-hydrogen) atoms. The van der Waals surface area contributed by atoms with Gasteiger partial charge in [0.15, 0.2) is 0 Å². The number of aromatic nitrogens is 1. The molecule has 1 saturated heterocycles. The van der Waals surface area contributed by atoms with Crippen LogP contribution in [0.5, 0.6) is 5.75 Å². The summed E-state index contributed by atoms with van der Waals surface area (Å²) >= 11 is 6.13. The lowest BCUT2D eigenvalue weighted by molar-refractivity contribution is -0.126. The van der Waals surface area contributed by atoms with Crippen LogP contribution in [0.2, 0.25) is 5.02 Å². The van der Waals surface area contributed by atoms with E-state index in [9.17, 15) is 9.59 Å². The second kappa shape index (κ2) is 7.74. The molecule has 0 aliphatic carbocycles. The molecule has 2 aromatic rings. The summed E-state index contributed by atoms with van der Waals surface area (Å²) in [6.45, 7) is 2.51. The molecule has 6 nitrogen and oxygen atoms in total. The van der Waals surface area contributed by atoms with Gasteiger partial charge < -0.3 is 15.0 Å². The second-order valence-corrected chi connectivity index (χ2v) is 6.62. The molecule has 1 N–H and O–H groups in total. The number of rotatable bonds is 5. The lowest BCUT2D eigenvalue weighted by Gasteiger charge is -2.20. The third-order valence-corrected chi connectivity index (χ3v) is 4.82. The molecule has 0 spiro atoms. The predicted molar refractivity (Wildman–Crippen MR) is 99.3 cm³/mol. The van der Waals surface area contributed by atoms with E-state index in [-0.39, 0.29) is 18.2 Å². The summed E-state index contributed by atoms with van der Waals surface area (Å²) in [6, 6.07) is 9.03. The van der Waals surface area contributed by atoms with Crippen LogP contribution in [0.1, 0.15) is 17.7 Å². The number of nitrogens with one attached hydrogen (secondary N) is 1. The molecule has 1 aliphatic rings. The summed E-state index contributed by atoms with van der Waals surface area (Å²) < 4.78 is 5.36. The molecule has 1 unspecified atom stereocenters. The highest BCUT2D eigenvalue weighted by molar-refractivity contribution is 6.31. The lowest BCUT2D eigenvalue weighted by Crippen LogP contribution is -2.32. The summed E-state index contributed by atoms with van der Waals surface area (Å²) in [4.78, 5) is 30.7. The zero-order valence-corrected chi connectivity index (χ0v) is 15.4. The number of hydrogen-bond donors (Lipinski definition) is 1. The van der Waals surface area contributed by atoms with Crippen LogP contribution >= 0.6 is 11.6 Å². The van der Waals surface area contributed by atoms with E-state index in [4.69, 9.17) is 16.3 Å². The first-order valence-corrected chi connectivity index (χ1v) is 8.69. The van der Waals surface area contributed by atoms with E-state index >= 15 is 0 Å². The van der Waals surface area contributed by atoms with E-state index in [1.165, 1.54) is 7.11 Å². The van der Waals surface area contributed by atoms with Gasteiger partial charge in [-0.3, -0.25) is 14.6 Å². The SMILES string of the molecule is COc1cc(Cl)c(C)cc1N1CC(C(=O)NCc2ccccn2)CC1=O. The molecule has 2 heterocycles. The number of amides is 2. The largest absolute Gasteiger partial charge is 0.495 e. The predicted octanol–water partition coefficient (Wildman–Crippen LogP) is 2.72. The monoisotopic (exact) mass is 373 g/mol. The Labute approximate surface area is 157 Å². The van der Waals surface area contributed by atoms with Crippen LogP contribution in [-0.4, -0.2) is 30.5 Å². The topological polar surface area (TPSA) is 71.5 Å². The number of hydrogen-bond acceptors (Lipinski definition) is 4. The van der Waals surface area contributed by atoms with Crippen molar-refractivity contribution in [2.24, 2.45) is 5.92 Å². The molecule has 3 rings (SSSR count). The Morgan fingerprint density at radius 1 is 1.42 bits per heavy atom. The van der Waals surface area contributed by atoms with Crippen LogP contribution in [0.25, 0.3) is 0 Å². The Morgan fingerprint density at radius 3 is 2.92 bits per heavy atom. The van der Waals surface area contributed by atoms with Crippen molar-refractivity contribution in [1.29, 1.82) is 0 Å². The van der Waals surface area contributed by atoms with Crippen LogP contribution in [0.4, 0.5) is 5.69 Å². The molecule has 1 aromatic carbocycles. The maximum absolute atomic E-state index is 12.5. The van der Waals surface area contributed by atoms with Gasteiger partial charge in [-0.25, -0.2) is 0 Å². The van der Waals surface area contributed by atoms with Gasteiger partial charge in [0.1, 0.15) is 5.75 Å². The zero-order chi connectivity index (χ0) is 18.7. The van der Waals surface area contributed by atoms with E-state index in [0.717, 1.165) is 11.3 Å². The van der Waals surface area contributed by atoms with E-state index < -0.39 is 5.92 Å². The number of benzene rings is 1. The molecular weight excluding hydrogens is 354 g/mol. The van der Waals surface area contributed by atoms with E-state index in [2.05, 4.69) is 10.3 Å². The quantitative estimate of drug-likeness (QED) is 0.874. The third-order valence-electron chi connectivity index (χ3n) is 4.42. The fraction of sp³-hybridized carbons (Fsp3) is 0.316. The highest BCUT2D eigenvalue weighted by atomic mass is 35.5. The highest BCUT2D eigenvalue weighted by Crippen LogP contribution is 2.36. The van der Waals surface area contributed by atoms with Crippen molar-refractivity contribution < 1.29 is 14.3 Å². The fourth-order valence-corrected chi connectivity index (χ4v) is 3.12. The van der Waals surface area contributed by atoms with Crippen molar-refractivity contribution in [3.8, 4) is 5.75 Å². The Hall–Kier alpha value is -2.60. The maximum atomic E-state index is 12.5. The fourth-order valence-electron chi connectivity index (χ4n) is 2.96. The van der Waals surface area contributed by atoms with Crippen molar-refractivity contribution >= 4 is 29.1 Å². The van der Waals surface area contributed by atoms with Crippen molar-refractivity contribution in [3.63, 3.8) is 0 Å². The minimum Gasteiger partial charge on any atom is -0.495 e. The Bertz CT molecular complexity index is 826. The Kier molecular flexibility index (Phi) is 5.42. The standard InChI is InChI=1S/C19H20ClN3O3/c1-12-7-16(17(26-2)9-15(12)20)23-11-13(8-18(23)24)19(25)22-10-14-5-3-4-6-21-14/h3-7,9,13H,8,10-11H2,1-2H3,(H,22,25). The van der Waals surface area contributed by atoms with Crippen LogP contribution in [0.15, 0.2) is 36.5 Å².